The minimum atomic E-state index is 0.0651. The fourth-order valence-corrected chi connectivity index (χ4v) is 0.858. The van der Waals surface area contributed by atoms with Crippen LogP contribution < -0.4 is 0 Å². The Hall–Kier alpha value is -1.30. The van der Waals surface area contributed by atoms with Crippen LogP contribution in [-0.2, 0) is 6.54 Å². The third-order valence-corrected chi connectivity index (χ3v) is 1.36. The van der Waals surface area contributed by atoms with Gasteiger partial charge >= 0.3 is 0 Å². The predicted octanol–water partition coefficient (Wildman–Crippen LogP) is 1.64. The molecule has 0 aliphatic heterocycles. The third-order valence-electron chi connectivity index (χ3n) is 1.36. The SMILES string of the molecule is Cc1cn(CC#CC(C)(C)C)nn1. The highest BCUT2D eigenvalue weighted by Crippen LogP contribution is 2.09. The molecule has 0 spiro atoms. The summed E-state index contributed by atoms with van der Waals surface area (Å²) < 4.78 is 1.74. The lowest BCUT2D eigenvalue weighted by Crippen LogP contribution is -2.01. The Morgan fingerprint density at radius 1 is 1.46 bits per heavy atom. The van der Waals surface area contributed by atoms with E-state index in [0.29, 0.717) is 6.54 Å². The molecule has 0 aliphatic rings. The maximum absolute atomic E-state index is 3.90. The second-order valence-electron chi connectivity index (χ2n) is 4.11. The molecule has 0 amide bonds. The van der Waals surface area contributed by atoms with E-state index in [0.717, 1.165) is 5.69 Å². The summed E-state index contributed by atoms with van der Waals surface area (Å²) in [6.07, 6.45) is 1.89. The van der Waals surface area contributed by atoms with Crippen LogP contribution in [0.1, 0.15) is 26.5 Å². The van der Waals surface area contributed by atoms with Gasteiger partial charge in [-0.05, 0) is 27.7 Å². The summed E-state index contributed by atoms with van der Waals surface area (Å²) in [6.45, 7) is 8.81. The molecule has 0 saturated carbocycles. The van der Waals surface area contributed by atoms with Crippen molar-refractivity contribution in [2.24, 2.45) is 5.41 Å². The summed E-state index contributed by atoms with van der Waals surface area (Å²) in [4.78, 5) is 0. The van der Waals surface area contributed by atoms with Gasteiger partial charge < -0.3 is 0 Å². The van der Waals surface area contributed by atoms with E-state index >= 15 is 0 Å². The molecular weight excluding hydrogens is 162 g/mol. The van der Waals surface area contributed by atoms with Gasteiger partial charge in [0.05, 0.1) is 5.69 Å². The van der Waals surface area contributed by atoms with E-state index in [2.05, 4.69) is 42.9 Å². The first-order valence-corrected chi connectivity index (χ1v) is 4.34. The average molecular weight is 177 g/mol. The number of hydrogen-bond donors (Lipinski definition) is 0. The van der Waals surface area contributed by atoms with Gasteiger partial charge in [0.1, 0.15) is 6.54 Å². The number of rotatable bonds is 1. The van der Waals surface area contributed by atoms with Crippen molar-refractivity contribution in [1.29, 1.82) is 0 Å². The molecule has 1 aromatic rings. The van der Waals surface area contributed by atoms with Crippen LogP contribution in [-0.4, -0.2) is 15.0 Å². The Morgan fingerprint density at radius 3 is 2.62 bits per heavy atom. The van der Waals surface area contributed by atoms with E-state index in [1.165, 1.54) is 0 Å². The van der Waals surface area contributed by atoms with E-state index in [-0.39, 0.29) is 5.41 Å². The van der Waals surface area contributed by atoms with Crippen molar-refractivity contribution < 1.29 is 0 Å². The van der Waals surface area contributed by atoms with Crippen molar-refractivity contribution in [3.8, 4) is 11.8 Å². The van der Waals surface area contributed by atoms with Gasteiger partial charge in [0.15, 0.2) is 0 Å². The maximum atomic E-state index is 3.90. The summed E-state index contributed by atoms with van der Waals surface area (Å²) in [7, 11) is 0. The first-order valence-electron chi connectivity index (χ1n) is 4.34. The van der Waals surface area contributed by atoms with Crippen LogP contribution in [0.15, 0.2) is 6.20 Å². The Labute approximate surface area is 79.1 Å². The van der Waals surface area contributed by atoms with Crippen LogP contribution in [0.4, 0.5) is 0 Å². The fraction of sp³-hybridized carbons (Fsp3) is 0.600. The van der Waals surface area contributed by atoms with Gasteiger partial charge in [0.2, 0.25) is 0 Å². The van der Waals surface area contributed by atoms with E-state index in [9.17, 15) is 0 Å². The zero-order valence-corrected chi connectivity index (χ0v) is 8.63. The van der Waals surface area contributed by atoms with Gasteiger partial charge in [0, 0.05) is 11.6 Å². The van der Waals surface area contributed by atoms with E-state index in [4.69, 9.17) is 0 Å². The maximum Gasteiger partial charge on any atom is 0.103 e. The smallest absolute Gasteiger partial charge is 0.103 e. The highest BCUT2D eigenvalue weighted by molar-refractivity contribution is 5.07. The molecule has 0 radical (unpaired) electrons. The molecule has 0 atom stereocenters. The number of aromatic nitrogens is 3. The lowest BCUT2D eigenvalue weighted by molar-refractivity contribution is 0.568. The van der Waals surface area contributed by atoms with Crippen LogP contribution in [0, 0.1) is 24.2 Å². The summed E-state index contributed by atoms with van der Waals surface area (Å²) >= 11 is 0. The molecule has 13 heavy (non-hydrogen) atoms. The van der Waals surface area contributed by atoms with Gasteiger partial charge in [-0.3, -0.25) is 0 Å². The molecule has 0 saturated heterocycles. The second kappa shape index (κ2) is 3.61. The quantitative estimate of drug-likeness (QED) is 0.610. The first kappa shape index (κ1) is 9.79. The van der Waals surface area contributed by atoms with Crippen molar-refractivity contribution in [2.45, 2.75) is 34.2 Å². The second-order valence-corrected chi connectivity index (χ2v) is 4.11. The molecule has 0 fully saturated rings. The molecule has 1 aromatic heterocycles. The average Bonchev–Trinajstić information content (AvgIpc) is 2.33. The molecule has 0 unspecified atom stereocenters. The van der Waals surface area contributed by atoms with Crippen molar-refractivity contribution in [3.63, 3.8) is 0 Å². The van der Waals surface area contributed by atoms with Gasteiger partial charge in [-0.15, -0.1) is 5.10 Å². The standard InChI is InChI=1S/C10H15N3/c1-9-8-13(12-11-9)7-5-6-10(2,3)4/h8H,7H2,1-4H3. The third kappa shape index (κ3) is 3.75. The van der Waals surface area contributed by atoms with Crippen molar-refractivity contribution in [1.82, 2.24) is 15.0 Å². The monoisotopic (exact) mass is 177 g/mol. The number of nitrogens with zero attached hydrogens (tertiary/aromatic N) is 3. The molecule has 3 heteroatoms. The summed E-state index contributed by atoms with van der Waals surface area (Å²) in [6, 6.07) is 0. The van der Waals surface area contributed by atoms with E-state index < -0.39 is 0 Å². The van der Waals surface area contributed by atoms with Crippen LogP contribution in [0.3, 0.4) is 0 Å². The van der Waals surface area contributed by atoms with Crippen molar-refractivity contribution in [3.05, 3.63) is 11.9 Å². The lowest BCUT2D eigenvalue weighted by Gasteiger charge is -2.06. The molecule has 0 bridgehead atoms. The van der Waals surface area contributed by atoms with Crippen LogP contribution in [0.25, 0.3) is 0 Å². The molecule has 0 aromatic carbocycles. The van der Waals surface area contributed by atoms with E-state index in [1.54, 1.807) is 4.68 Å². The summed E-state index contributed by atoms with van der Waals surface area (Å²) in [5.41, 5.74) is 0.993. The van der Waals surface area contributed by atoms with Crippen LogP contribution >= 0.6 is 0 Å². The molecule has 3 nitrogen and oxygen atoms in total. The van der Waals surface area contributed by atoms with Crippen LogP contribution in [0.5, 0.6) is 0 Å². The fourth-order valence-electron chi connectivity index (χ4n) is 0.858. The minimum absolute atomic E-state index is 0.0651. The zero-order chi connectivity index (χ0) is 9.90. The molecule has 0 aliphatic carbocycles. The molecule has 1 heterocycles. The molecule has 0 N–H and O–H groups in total. The van der Waals surface area contributed by atoms with Gasteiger partial charge in [-0.1, -0.05) is 17.1 Å². The van der Waals surface area contributed by atoms with Gasteiger partial charge in [-0.2, -0.15) is 0 Å². The summed E-state index contributed by atoms with van der Waals surface area (Å²) in [5, 5.41) is 7.78. The molecular formula is C10H15N3. The van der Waals surface area contributed by atoms with E-state index in [1.807, 2.05) is 13.1 Å². The Morgan fingerprint density at radius 2 is 2.15 bits per heavy atom. The van der Waals surface area contributed by atoms with Crippen molar-refractivity contribution in [2.75, 3.05) is 0 Å². The Balaban J connectivity index is 2.55. The van der Waals surface area contributed by atoms with Gasteiger partial charge in [-0.25, -0.2) is 4.68 Å². The largest absolute Gasteiger partial charge is 0.240 e. The van der Waals surface area contributed by atoms with Gasteiger partial charge in [0.25, 0.3) is 0 Å². The van der Waals surface area contributed by atoms with Crippen molar-refractivity contribution >= 4 is 0 Å². The topological polar surface area (TPSA) is 30.7 Å². The predicted molar refractivity (Wildman–Crippen MR) is 52.0 cm³/mol. The highest BCUT2D eigenvalue weighted by atomic mass is 15.4. The minimum Gasteiger partial charge on any atom is -0.240 e. The first-order chi connectivity index (χ1) is 5.97. The zero-order valence-electron chi connectivity index (χ0n) is 8.63. The number of hydrogen-bond acceptors (Lipinski definition) is 2. The summed E-state index contributed by atoms with van der Waals surface area (Å²) in [5.74, 6) is 6.21. The normalized spacial score (nSPS) is 10.8. The Bertz CT molecular complexity index is 333. The molecule has 1 rings (SSSR count). The highest BCUT2D eigenvalue weighted by Gasteiger charge is 2.02. The Kier molecular flexibility index (Phi) is 2.72. The van der Waals surface area contributed by atoms with Crippen LogP contribution in [0.2, 0.25) is 0 Å². The lowest BCUT2D eigenvalue weighted by atomic mass is 9.98. The number of aryl methyl sites for hydroxylation is 1. The molecule has 70 valence electrons.